The molecule has 0 saturated heterocycles. The molecule has 0 fully saturated rings. The van der Waals surface area contributed by atoms with E-state index in [0.717, 1.165) is 29.9 Å². The lowest BCUT2D eigenvalue weighted by atomic mass is 10.2. The minimum absolute atomic E-state index is 0.846. The van der Waals surface area contributed by atoms with Gasteiger partial charge in [-0.05, 0) is 42.9 Å². The lowest BCUT2D eigenvalue weighted by Crippen LogP contribution is -2.25. The van der Waals surface area contributed by atoms with Crippen molar-refractivity contribution in [3.8, 4) is 0 Å². The van der Waals surface area contributed by atoms with E-state index in [2.05, 4.69) is 51.0 Å². The van der Waals surface area contributed by atoms with Gasteiger partial charge in [0.15, 0.2) is 0 Å². The number of hydrogen-bond donors (Lipinski definition) is 1. The van der Waals surface area contributed by atoms with E-state index in [9.17, 15) is 0 Å². The highest BCUT2D eigenvalue weighted by Crippen LogP contribution is 2.21. The van der Waals surface area contributed by atoms with Crippen LogP contribution in [-0.2, 0) is 6.54 Å². The zero-order valence-electron chi connectivity index (χ0n) is 9.55. The van der Waals surface area contributed by atoms with Gasteiger partial charge in [-0.3, -0.25) is 0 Å². The van der Waals surface area contributed by atoms with Gasteiger partial charge < -0.3 is 10.2 Å². The number of rotatable bonds is 5. The van der Waals surface area contributed by atoms with Crippen LogP contribution < -0.4 is 10.2 Å². The summed E-state index contributed by atoms with van der Waals surface area (Å²) in [5.74, 6) is 1.08. The quantitative estimate of drug-likeness (QED) is 0.892. The van der Waals surface area contributed by atoms with E-state index in [4.69, 9.17) is 0 Å². The summed E-state index contributed by atoms with van der Waals surface area (Å²) in [5.41, 5.74) is 1.23. The summed E-state index contributed by atoms with van der Waals surface area (Å²) < 4.78 is 1.03. The Kier molecular flexibility index (Phi) is 5.05. The maximum Gasteiger partial charge on any atom is 0.133 e. The van der Waals surface area contributed by atoms with Gasteiger partial charge in [-0.1, -0.05) is 0 Å². The van der Waals surface area contributed by atoms with E-state index in [1.165, 1.54) is 5.56 Å². The first kappa shape index (κ1) is 12.5. The fourth-order valence-electron chi connectivity index (χ4n) is 1.60. The molecule has 0 amide bonds. The first-order valence-electron chi connectivity index (χ1n) is 5.26. The number of aromatic nitrogens is 1. The molecule has 15 heavy (non-hydrogen) atoms. The predicted molar refractivity (Wildman–Crippen MR) is 68.3 cm³/mol. The van der Waals surface area contributed by atoms with Crippen LogP contribution in [0.1, 0.15) is 19.4 Å². The molecule has 4 heteroatoms. The third-order valence-electron chi connectivity index (χ3n) is 2.34. The van der Waals surface area contributed by atoms with E-state index >= 15 is 0 Å². The zero-order valence-corrected chi connectivity index (χ0v) is 11.1. The van der Waals surface area contributed by atoms with Crippen LogP contribution in [0.15, 0.2) is 16.7 Å². The molecule has 0 spiro atoms. The van der Waals surface area contributed by atoms with Gasteiger partial charge in [0.1, 0.15) is 5.82 Å². The molecule has 0 aliphatic carbocycles. The van der Waals surface area contributed by atoms with Crippen molar-refractivity contribution in [1.82, 2.24) is 10.3 Å². The van der Waals surface area contributed by atoms with Crippen LogP contribution >= 0.6 is 15.9 Å². The Morgan fingerprint density at radius 3 is 2.60 bits per heavy atom. The maximum atomic E-state index is 4.48. The van der Waals surface area contributed by atoms with Gasteiger partial charge in [-0.2, -0.15) is 0 Å². The van der Waals surface area contributed by atoms with Crippen LogP contribution in [0.25, 0.3) is 0 Å². The summed E-state index contributed by atoms with van der Waals surface area (Å²) >= 11 is 3.45. The number of anilines is 1. The monoisotopic (exact) mass is 271 g/mol. The van der Waals surface area contributed by atoms with Crippen molar-refractivity contribution in [3.63, 3.8) is 0 Å². The number of nitrogens with zero attached hydrogens (tertiary/aromatic N) is 2. The normalized spacial score (nSPS) is 10.4. The number of hydrogen-bond acceptors (Lipinski definition) is 3. The molecular formula is C11H18BrN3. The van der Waals surface area contributed by atoms with Crippen LogP contribution in [0, 0.1) is 0 Å². The molecule has 1 heterocycles. The molecule has 1 N–H and O–H groups in total. The Bertz CT molecular complexity index is 311. The Hall–Kier alpha value is -0.610. The summed E-state index contributed by atoms with van der Waals surface area (Å²) in [6.07, 6.45) is 1.85. The van der Waals surface area contributed by atoms with Gasteiger partial charge in [0, 0.05) is 35.9 Å². The van der Waals surface area contributed by atoms with Gasteiger partial charge in [0.25, 0.3) is 0 Å². The van der Waals surface area contributed by atoms with Crippen molar-refractivity contribution in [1.29, 1.82) is 0 Å². The highest BCUT2D eigenvalue weighted by molar-refractivity contribution is 9.10. The third kappa shape index (κ3) is 3.18. The molecule has 1 aromatic rings. The molecule has 1 rings (SSSR count). The molecule has 0 aliphatic heterocycles. The van der Waals surface area contributed by atoms with Crippen molar-refractivity contribution >= 4 is 21.7 Å². The second kappa shape index (κ2) is 6.08. The Morgan fingerprint density at radius 1 is 1.40 bits per heavy atom. The van der Waals surface area contributed by atoms with Gasteiger partial charge >= 0.3 is 0 Å². The molecule has 0 bridgehead atoms. The molecule has 3 nitrogen and oxygen atoms in total. The second-order valence-corrected chi connectivity index (χ2v) is 4.25. The van der Waals surface area contributed by atoms with Gasteiger partial charge in [0.05, 0.1) is 0 Å². The zero-order chi connectivity index (χ0) is 11.3. The van der Waals surface area contributed by atoms with Crippen LogP contribution in [0.2, 0.25) is 0 Å². The highest BCUT2D eigenvalue weighted by atomic mass is 79.9. The summed E-state index contributed by atoms with van der Waals surface area (Å²) in [4.78, 5) is 6.74. The van der Waals surface area contributed by atoms with E-state index in [-0.39, 0.29) is 0 Å². The summed E-state index contributed by atoms with van der Waals surface area (Å²) in [5, 5.41) is 3.17. The van der Waals surface area contributed by atoms with Crippen LogP contribution in [0.5, 0.6) is 0 Å². The Morgan fingerprint density at radius 2 is 2.07 bits per heavy atom. The molecule has 0 radical (unpaired) electrons. The van der Waals surface area contributed by atoms with Crippen molar-refractivity contribution in [2.45, 2.75) is 20.4 Å². The second-order valence-electron chi connectivity index (χ2n) is 3.34. The largest absolute Gasteiger partial charge is 0.357 e. The molecule has 1 aromatic heterocycles. The third-order valence-corrected chi connectivity index (χ3v) is 2.77. The van der Waals surface area contributed by atoms with Crippen LogP contribution in [-0.4, -0.2) is 25.1 Å². The number of pyridine rings is 1. The molecule has 0 unspecified atom stereocenters. The van der Waals surface area contributed by atoms with Gasteiger partial charge in [-0.15, -0.1) is 0 Å². The average Bonchev–Trinajstić information content (AvgIpc) is 2.23. The van der Waals surface area contributed by atoms with Crippen LogP contribution in [0.4, 0.5) is 5.82 Å². The fraction of sp³-hybridized carbons (Fsp3) is 0.545. The summed E-state index contributed by atoms with van der Waals surface area (Å²) in [7, 11) is 1.95. The fourth-order valence-corrected chi connectivity index (χ4v) is 1.98. The average molecular weight is 272 g/mol. The van der Waals surface area contributed by atoms with Gasteiger partial charge in [0.2, 0.25) is 0 Å². The van der Waals surface area contributed by atoms with Crippen molar-refractivity contribution in [2.75, 3.05) is 25.0 Å². The number of halogens is 1. The molecule has 0 aromatic carbocycles. The number of nitrogens with one attached hydrogen (secondary N) is 1. The van der Waals surface area contributed by atoms with Crippen molar-refractivity contribution in [3.05, 3.63) is 22.3 Å². The van der Waals surface area contributed by atoms with E-state index in [0.29, 0.717) is 0 Å². The smallest absolute Gasteiger partial charge is 0.133 e. The van der Waals surface area contributed by atoms with Crippen molar-refractivity contribution in [2.24, 2.45) is 0 Å². The lowest BCUT2D eigenvalue weighted by Gasteiger charge is -2.22. The van der Waals surface area contributed by atoms with E-state index < -0.39 is 0 Å². The maximum absolute atomic E-state index is 4.48. The van der Waals surface area contributed by atoms with E-state index in [1.54, 1.807) is 0 Å². The molecule has 0 saturated carbocycles. The Labute approximate surface area is 100 Å². The molecule has 0 aliphatic rings. The molecular weight excluding hydrogens is 254 g/mol. The molecule has 0 atom stereocenters. The predicted octanol–water partition coefficient (Wildman–Crippen LogP) is 2.41. The lowest BCUT2D eigenvalue weighted by molar-refractivity contribution is 0.782. The van der Waals surface area contributed by atoms with Crippen LogP contribution in [0.3, 0.4) is 0 Å². The minimum atomic E-state index is 0.846. The first-order chi connectivity index (χ1) is 7.22. The molecule has 84 valence electrons. The summed E-state index contributed by atoms with van der Waals surface area (Å²) in [6.45, 7) is 7.12. The minimum Gasteiger partial charge on any atom is -0.357 e. The SMILES string of the molecule is CCN(CC)c1ncc(Br)cc1CNC. The van der Waals surface area contributed by atoms with Gasteiger partial charge in [-0.25, -0.2) is 4.98 Å². The summed E-state index contributed by atoms with van der Waals surface area (Å²) in [6, 6.07) is 2.12. The highest BCUT2D eigenvalue weighted by Gasteiger charge is 2.09. The van der Waals surface area contributed by atoms with E-state index in [1.807, 2.05) is 13.2 Å². The topological polar surface area (TPSA) is 28.2 Å². The first-order valence-corrected chi connectivity index (χ1v) is 6.06. The standard InChI is InChI=1S/C11H18BrN3/c1-4-15(5-2)11-9(7-13-3)6-10(12)8-14-11/h6,8,13H,4-5,7H2,1-3H3. The Balaban J connectivity index is 3.03. The van der Waals surface area contributed by atoms with Crippen molar-refractivity contribution < 1.29 is 0 Å².